The molecule has 0 atom stereocenters. The molecule has 0 bridgehead atoms. The van der Waals surface area contributed by atoms with Crippen LogP contribution in [0.2, 0.25) is 0 Å². The summed E-state index contributed by atoms with van der Waals surface area (Å²) in [6.45, 7) is 8.71. The maximum absolute atomic E-state index is 12.1. The second kappa shape index (κ2) is 7.31. The third-order valence-corrected chi connectivity index (χ3v) is 3.64. The van der Waals surface area contributed by atoms with Crippen molar-refractivity contribution in [3.8, 4) is 5.75 Å². The van der Waals surface area contributed by atoms with Crippen molar-refractivity contribution in [1.29, 1.82) is 0 Å². The minimum atomic E-state index is 0.0324. The van der Waals surface area contributed by atoms with Gasteiger partial charge in [0.2, 0.25) is 5.91 Å². The molecule has 1 aliphatic rings. The minimum absolute atomic E-state index is 0.0324. The number of fused-ring (bicyclic) bond motifs is 1. The summed E-state index contributed by atoms with van der Waals surface area (Å²) in [5.41, 5.74) is 2.97. The number of methoxy groups -OCH3 is 1. The molecule has 0 unspecified atom stereocenters. The van der Waals surface area contributed by atoms with Crippen molar-refractivity contribution in [1.82, 2.24) is 0 Å². The van der Waals surface area contributed by atoms with Gasteiger partial charge in [-0.1, -0.05) is 12.2 Å². The molecule has 2 rings (SSSR count). The zero-order chi connectivity index (χ0) is 16.1. The van der Waals surface area contributed by atoms with E-state index in [1.54, 1.807) is 19.1 Å². The molecule has 22 heavy (non-hydrogen) atoms. The standard InChI is InChI=1S/C17H24N2O3/c1-13(2)12-19-8-10-22-16-6-5-14(11-15(16)19)18(3)17(20)7-9-21-4/h5-6,11H,1,7-10,12H2,2-4H3. The lowest BCUT2D eigenvalue weighted by Crippen LogP contribution is -2.34. The van der Waals surface area contributed by atoms with Crippen LogP contribution >= 0.6 is 0 Å². The van der Waals surface area contributed by atoms with Gasteiger partial charge in [0.05, 0.1) is 25.3 Å². The van der Waals surface area contributed by atoms with Gasteiger partial charge in [-0.25, -0.2) is 0 Å². The largest absolute Gasteiger partial charge is 0.490 e. The molecule has 1 aromatic carbocycles. The highest BCUT2D eigenvalue weighted by Crippen LogP contribution is 2.35. The first-order valence-corrected chi connectivity index (χ1v) is 7.44. The van der Waals surface area contributed by atoms with Gasteiger partial charge in [-0.2, -0.15) is 0 Å². The van der Waals surface area contributed by atoms with Crippen molar-refractivity contribution in [2.75, 3.05) is 50.3 Å². The molecule has 5 nitrogen and oxygen atoms in total. The van der Waals surface area contributed by atoms with E-state index in [9.17, 15) is 4.79 Å². The van der Waals surface area contributed by atoms with Crippen molar-refractivity contribution in [3.63, 3.8) is 0 Å². The molecule has 0 spiro atoms. The highest BCUT2D eigenvalue weighted by Gasteiger charge is 2.20. The molecule has 1 aliphatic heterocycles. The highest BCUT2D eigenvalue weighted by atomic mass is 16.5. The van der Waals surface area contributed by atoms with E-state index in [0.717, 1.165) is 35.8 Å². The van der Waals surface area contributed by atoms with E-state index in [4.69, 9.17) is 9.47 Å². The van der Waals surface area contributed by atoms with Crippen molar-refractivity contribution >= 4 is 17.3 Å². The van der Waals surface area contributed by atoms with Gasteiger partial charge in [-0.05, 0) is 25.1 Å². The van der Waals surface area contributed by atoms with E-state index in [0.29, 0.717) is 19.6 Å². The van der Waals surface area contributed by atoms with Crippen LogP contribution in [-0.4, -0.2) is 46.4 Å². The summed E-state index contributed by atoms with van der Waals surface area (Å²) in [5, 5.41) is 0. The number of carbonyl (C=O) groups excluding carboxylic acids is 1. The fourth-order valence-electron chi connectivity index (χ4n) is 2.46. The number of benzene rings is 1. The van der Waals surface area contributed by atoms with Crippen molar-refractivity contribution in [3.05, 3.63) is 30.4 Å². The second-order valence-corrected chi connectivity index (χ2v) is 5.57. The Morgan fingerprint density at radius 3 is 2.95 bits per heavy atom. The summed E-state index contributed by atoms with van der Waals surface area (Å²) in [5.74, 6) is 0.888. The lowest BCUT2D eigenvalue weighted by molar-refractivity contribution is -0.119. The average molecular weight is 304 g/mol. The molecule has 0 saturated carbocycles. The first-order valence-electron chi connectivity index (χ1n) is 7.44. The fraction of sp³-hybridized carbons (Fsp3) is 0.471. The van der Waals surface area contributed by atoms with Crippen LogP contribution in [0.1, 0.15) is 13.3 Å². The van der Waals surface area contributed by atoms with Gasteiger partial charge in [0.1, 0.15) is 12.4 Å². The van der Waals surface area contributed by atoms with E-state index in [-0.39, 0.29) is 5.91 Å². The van der Waals surface area contributed by atoms with Gasteiger partial charge >= 0.3 is 0 Å². The van der Waals surface area contributed by atoms with Crippen LogP contribution in [0, 0.1) is 0 Å². The predicted molar refractivity (Wildman–Crippen MR) is 88.9 cm³/mol. The van der Waals surface area contributed by atoms with Crippen LogP contribution in [0.25, 0.3) is 0 Å². The first-order chi connectivity index (χ1) is 10.5. The number of hydrogen-bond acceptors (Lipinski definition) is 4. The summed E-state index contributed by atoms with van der Waals surface area (Å²) in [7, 11) is 3.38. The molecule has 1 amide bonds. The van der Waals surface area contributed by atoms with Gasteiger partial charge < -0.3 is 19.3 Å². The Balaban J connectivity index is 2.21. The smallest absolute Gasteiger partial charge is 0.229 e. The minimum Gasteiger partial charge on any atom is -0.490 e. The highest BCUT2D eigenvalue weighted by molar-refractivity contribution is 5.93. The SMILES string of the molecule is C=C(C)CN1CCOc2ccc(N(C)C(=O)CCOC)cc21. The number of amides is 1. The summed E-state index contributed by atoms with van der Waals surface area (Å²) in [6, 6.07) is 5.84. The third kappa shape index (κ3) is 3.80. The van der Waals surface area contributed by atoms with Gasteiger partial charge in [0, 0.05) is 26.4 Å². The first kappa shape index (κ1) is 16.4. The fourth-order valence-corrected chi connectivity index (χ4v) is 2.46. The van der Waals surface area contributed by atoms with Crippen molar-refractivity contribution in [2.24, 2.45) is 0 Å². The lowest BCUT2D eigenvalue weighted by atomic mass is 10.1. The van der Waals surface area contributed by atoms with Crippen LogP contribution in [0.4, 0.5) is 11.4 Å². The molecule has 0 fully saturated rings. The number of rotatable bonds is 6. The third-order valence-electron chi connectivity index (χ3n) is 3.64. The molecule has 0 N–H and O–H groups in total. The van der Waals surface area contributed by atoms with Gasteiger partial charge in [0.25, 0.3) is 0 Å². The Bertz CT molecular complexity index is 557. The molecule has 1 aromatic rings. The summed E-state index contributed by atoms with van der Waals surface area (Å²) < 4.78 is 10.7. The Kier molecular flexibility index (Phi) is 5.44. The topological polar surface area (TPSA) is 42.0 Å². The van der Waals surface area contributed by atoms with E-state index in [2.05, 4.69) is 11.5 Å². The van der Waals surface area contributed by atoms with Crippen LogP contribution in [0.5, 0.6) is 5.75 Å². The number of hydrogen-bond donors (Lipinski definition) is 0. The molecular weight excluding hydrogens is 280 g/mol. The van der Waals surface area contributed by atoms with Crippen molar-refractivity contribution in [2.45, 2.75) is 13.3 Å². The van der Waals surface area contributed by atoms with Crippen LogP contribution < -0.4 is 14.5 Å². The molecule has 5 heteroatoms. The molecule has 0 aromatic heterocycles. The molecular formula is C17H24N2O3. The number of ether oxygens (including phenoxy) is 2. The Morgan fingerprint density at radius 2 is 2.27 bits per heavy atom. The number of anilines is 2. The van der Waals surface area contributed by atoms with E-state index in [1.807, 2.05) is 25.1 Å². The van der Waals surface area contributed by atoms with E-state index in [1.165, 1.54) is 0 Å². The monoisotopic (exact) mass is 304 g/mol. The lowest BCUT2D eigenvalue weighted by Gasteiger charge is -2.32. The predicted octanol–water partition coefficient (Wildman–Crippen LogP) is 2.46. The van der Waals surface area contributed by atoms with Gasteiger partial charge in [-0.15, -0.1) is 0 Å². The second-order valence-electron chi connectivity index (χ2n) is 5.57. The van der Waals surface area contributed by atoms with Crippen LogP contribution in [0.3, 0.4) is 0 Å². The zero-order valence-electron chi connectivity index (χ0n) is 13.6. The molecule has 1 heterocycles. The maximum Gasteiger partial charge on any atom is 0.229 e. The average Bonchev–Trinajstić information content (AvgIpc) is 2.51. The summed E-state index contributed by atoms with van der Waals surface area (Å²) in [6.07, 6.45) is 0.371. The van der Waals surface area contributed by atoms with Gasteiger partial charge in [0.15, 0.2) is 0 Å². The summed E-state index contributed by atoms with van der Waals surface area (Å²) in [4.78, 5) is 16.0. The molecule has 120 valence electrons. The quantitative estimate of drug-likeness (QED) is 0.757. The summed E-state index contributed by atoms with van der Waals surface area (Å²) >= 11 is 0. The molecule has 0 aliphatic carbocycles. The van der Waals surface area contributed by atoms with E-state index >= 15 is 0 Å². The van der Waals surface area contributed by atoms with Crippen LogP contribution in [-0.2, 0) is 9.53 Å². The maximum atomic E-state index is 12.1. The zero-order valence-corrected chi connectivity index (χ0v) is 13.6. The van der Waals surface area contributed by atoms with Gasteiger partial charge in [-0.3, -0.25) is 4.79 Å². The Hall–Kier alpha value is -2.01. The number of carbonyl (C=O) groups is 1. The van der Waals surface area contributed by atoms with Crippen LogP contribution in [0.15, 0.2) is 30.4 Å². The molecule has 0 radical (unpaired) electrons. The molecule has 0 saturated heterocycles. The normalized spacial score (nSPS) is 13.3. The van der Waals surface area contributed by atoms with Crippen molar-refractivity contribution < 1.29 is 14.3 Å². The Labute approximate surface area is 132 Å². The van der Waals surface area contributed by atoms with E-state index < -0.39 is 0 Å². The number of nitrogens with zero attached hydrogens (tertiary/aromatic N) is 2. The Morgan fingerprint density at radius 1 is 1.50 bits per heavy atom.